The van der Waals surface area contributed by atoms with E-state index >= 15 is 0 Å². The fourth-order valence-electron chi connectivity index (χ4n) is 2.14. The first-order chi connectivity index (χ1) is 8.99. The zero-order valence-electron chi connectivity index (χ0n) is 10.1. The van der Waals surface area contributed by atoms with Gasteiger partial charge in [-0.25, -0.2) is 9.37 Å². The quantitative estimate of drug-likeness (QED) is 0.830. The van der Waals surface area contributed by atoms with E-state index in [1.54, 1.807) is 0 Å². The Morgan fingerprint density at radius 3 is 2.95 bits per heavy atom. The summed E-state index contributed by atoms with van der Waals surface area (Å²) in [6.07, 6.45) is 2.29. The van der Waals surface area contributed by atoms with Crippen molar-refractivity contribution in [3.8, 4) is 0 Å². The van der Waals surface area contributed by atoms with Crippen LogP contribution in [0.1, 0.15) is 23.2 Å². The van der Waals surface area contributed by atoms with Gasteiger partial charge in [-0.3, -0.25) is 9.59 Å². The number of primary amides is 1. The molecule has 2 heterocycles. The Labute approximate surface area is 114 Å². The van der Waals surface area contributed by atoms with Crippen molar-refractivity contribution >= 4 is 23.4 Å². The summed E-state index contributed by atoms with van der Waals surface area (Å²) in [5, 5.41) is -0.0485. The normalized spacial score (nSPS) is 19.3. The minimum atomic E-state index is -0.629. The van der Waals surface area contributed by atoms with Crippen LogP contribution in [0.2, 0.25) is 5.15 Å². The van der Waals surface area contributed by atoms with E-state index in [2.05, 4.69) is 4.98 Å². The van der Waals surface area contributed by atoms with Crippen molar-refractivity contribution in [2.75, 3.05) is 13.1 Å². The van der Waals surface area contributed by atoms with Crippen LogP contribution in [0.3, 0.4) is 0 Å². The summed E-state index contributed by atoms with van der Waals surface area (Å²) in [4.78, 5) is 28.4. The van der Waals surface area contributed by atoms with Crippen LogP contribution in [-0.4, -0.2) is 34.8 Å². The molecule has 0 spiro atoms. The molecule has 1 aliphatic rings. The van der Waals surface area contributed by atoms with Gasteiger partial charge in [-0.2, -0.15) is 0 Å². The Hall–Kier alpha value is -1.69. The summed E-state index contributed by atoms with van der Waals surface area (Å²) in [6.45, 7) is 0.733. The molecule has 1 aliphatic heterocycles. The number of aromatic nitrogens is 1. The molecule has 1 saturated heterocycles. The van der Waals surface area contributed by atoms with E-state index in [1.807, 2.05) is 0 Å². The first-order valence-corrected chi connectivity index (χ1v) is 6.26. The second kappa shape index (κ2) is 5.52. The monoisotopic (exact) mass is 285 g/mol. The number of carbonyl (C=O) groups is 2. The maximum Gasteiger partial charge on any atom is 0.257 e. The van der Waals surface area contributed by atoms with Gasteiger partial charge in [0.15, 0.2) is 0 Å². The highest BCUT2D eigenvalue weighted by Crippen LogP contribution is 2.21. The number of rotatable bonds is 2. The molecule has 1 aromatic rings. The van der Waals surface area contributed by atoms with Gasteiger partial charge in [-0.15, -0.1) is 0 Å². The van der Waals surface area contributed by atoms with Crippen LogP contribution < -0.4 is 5.73 Å². The topological polar surface area (TPSA) is 76.3 Å². The molecule has 1 atom stereocenters. The molecule has 102 valence electrons. The number of likely N-dealkylation sites (tertiary alicyclic amines) is 1. The number of pyridine rings is 1. The third-order valence-corrected chi connectivity index (χ3v) is 3.45. The van der Waals surface area contributed by atoms with Gasteiger partial charge in [0, 0.05) is 13.1 Å². The van der Waals surface area contributed by atoms with Crippen molar-refractivity contribution in [2.24, 2.45) is 11.7 Å². The fraction of sp³-hybridized carbons (Fsp3) is 0.417. The lowest BCUT2D eigenvalue weighted by Crippen LogP contribution is -2.44. The van der Waals surface area contributed by atoms with E-state index in [4.69, 9.17) is 17.3 Å². The summed E-state index contributed by atoms with van der Waals surface area (Å²) < 4.78 is 13.1. The second-order valence-corrected chi connectivity index (χ2v) is 4.84. The largest absolute Gasteiger partial charge is 0.369 e. The number of piperidine rings is 1. The Balaban J connectivity index is 2.19. The fourth-order valence-corrected chi connectivity index (χ4v) is 2.32. The van der Waals surface area contributed by atoms with Gasteiger partial charge >= 0.3 is 0 Å². The van der Waals surface area contributed by atoms with Crippen LogP contribution >= 0.6 is 11.6 Å². The van der Waals surface area contributed by atoms with Crippen molar-refractivity contribution in [1.29, 1.82) is 0 Å². The van der Waals surface area contributed by atoms with E-state index in [1.165, 1.54) is 4.90 Å². The highest BCUT2D eigenvalue weighted by Gasteiger charge is 2.28. The Kier molecular flexibility index (Phi) is 3.99. The number of halogens is 2. The summed E-state index contributed by atoms with van der Waals surface area (Å²) in [7, 11) is 0. The second-order valence-electron chi connectivity index (χ2n) is 4.48. The zero-order chi connectivity index (χ0) is 14.0. The van der Waals surface area contributed by atoms with Crippen LogP contribution in [0.4, 0.5) is 4.39 Å². The Morgan fingerprint density at radius 2 is 2.26 bits per heavy atom. The maximum absolute atomic E-state index is 13.1. The minimum Gasteiger partial charge on any atom is -0.369 e. The van der Waals surface area contributed by atoms with Crippen LogP contribution in [0.25, 0.3) is 0 Å². The highest BCUT2D eigenvalue weighted by atomic mass is 35.5. The van der Waals surface area contributed by atoms with Crippen molar-refractivity contribution in [3.63, 3.8) is 0 Å². The number of carbonyl (C=O) groups excluding carboxylic acids is 2. The van der Waals surface area contributed by atoms with Crippen molar-refractivity contribution in [1.82, 2.24) is 9.88 Å². The molecule has 2 amide bonds. The van der Waals surface area contributed by atoms with Crippen LogP contribution in [0.15, 0.2) is 12.3 Å². The first-order valence-electron chi connectivity index (χ1n) is 5.88. The number of nitrogens with two attached hydrogens (primary N) is 1. The summed E-state index contributed by atoms with van der Waals surface area (Å²) in [6, 6.07) is 1.05. The lowest BCUT2D eigenvalue weighted by atomic mass is 9.97. The minimum absolute atomic E-state index is 0.00628. The first kappa shape index (κ1) is 13.7. The summed E-state index contributed by atoms with van der Waals surface area (Å²) in [5.74, 6) is -1.85. The Morgan fingerprint density at radius 1 is 1.53 bits per heavy atom. The molecule has 0 radical (unpaired) electrons. The van der Waals surface area contributed by atoms with Crippen LogP contribution in [0, 0.1) is 11.7 Å². The standard InChI is InChI=1S/C12H13ClFN3O2/c13-10-9(4-8(14)5-16-10)12(19)17-3-1-2-7(6-17)11(15)18/h4-5,7H,1-3,6H2,(H2,15,18). The molecule has 2 rings (SSSR count). The molecule has 1 fully saturated rings. The third kappa shape index (κ3) is 3.01. The summed E-state index contributed by atoms with van der Waals surface area (Å²) in [5.41, 5.74) is 5.25. The number of nitrogens with zero attached hydrogens (tertiary/aromatic N) is 2. The maximum atomic E-state index is 13.1. The summed E-state index contributed by atoms with van der Waals surface area (Å²) >= 11 is 5.79. The van der Waals surface area contributed by atoms with Crippen LogP contribution in [0.5, 0.6) is 0 Å². The number of amides is 2. The average molecular weight is 286 g/mol. The molecule has 2 N–H and O–H groups in total. The van der Waals surface area contributed by atoms with Crippen molar-refractivity contribution in [3.05, 3.63) is 28.8 Å². The van der Waals surface area contributed by atoms with Crippen molar-refractivity contribution < 1.29 is 14.0 Å². The van der Waals surface area contributed by atoms with Crippen LogP contribution in [-0.2, 0) is 4.79 Å². The van der Waals surface area contributed by atoms with E-state index in [0.29, 0.717) is 19.4 Å². The van der Waals surface area contributed by atoms with Gasteiger partial charge < -0.3 is 10.6 Å². The third-order valence-electron chi connectivity index (χ3n) is 3.15. The molecule has 0 bridgehead atoms. The molecular formula is C12H13ClFN3O2. The molecule has 0 aliphatic carbocycles. The van der Waals surface area contributed by atoms with E-state index in [0.717, 1.165) is 12.3 Å². The van der Waals surface area contributed by atoms with Gasteiger partial charge in [0.25, 0.3) is 5.91 Å². The lowest BCUT2D eigenvalue weighted by molar-refractivity contribution is -0.123. The van der Waals surface area contributed by atoms with Gasteiger partial charge in [-0.1, -0.05) is 11.6 Å². The Bertz CT molecular complexity index is 524. The van der Waals surface area contributed by atoms with E-state index in [9.17, 15) is 14.0 Å². The molecule has 1 aromatic heterocycles. The lowest BCUT2D eigenvalue weighted by Gasteiger charge is -2.31. The molecular weight excluding hydrogens is 273 g/mol. The SMILES string of the molecule is NC(=O)C1CCCN(C(=O)c2cc(F)cnc2Cl)C1. The zero-order valence-corrected chi connectivity index (χ0v) is 10.9. The smallest absolute Gasteiger partial charge is 0.257 e. The van der Waals surface area contributed by atoms with Gasteiger partial charge in [0.05, 0.1) is 17.7 Å². The van der Waals surface area contributed by atoms with E-state index < -0.39 is 17.6 Å². The van der Waals surface area contributed by atoms with Gasteiger partial charge in [0.1, 0.15) is 11.0 Å². The molecule has 0 saturated carbocycles. The number of hydrogen-bond acceptors (Lipinski definition) is 3. The molecule has 7 heteroatoms. The van der Waals surface area contributed by atoms with Gasteiger partial charge in [-0.05, 0) is 18.9 Å². The molecule has 19 heavy (non-hydrogen) atoms. The molecule has 0 aromatic carbocycles. The highest BCUT2D eigenvalue weighted by molar-refractivity contribution is 6.32. The predicted molar refractivity (Wildman–Crippen MR) is 67.0 cm³/mol. The van der Waals surface area contributed by atoms with E-state index in [-0.39, 0.29) is 23.2 Å². The average Bonchev–Trinajstić information content (AvgIpc) is 2.41. The van der Waals surface area contributed by atoms with Gasteiger partial charge in [0.2, 0.25) is 5.91 Å². The number of hydrogen-bond donors (Lipinski definition) is 1. The van der Waals surface area contributed by atoms with Crippen molar-refractivity contribution in [2.45, 2.75) is 12.8 Å². The molecule has 1 unspecified atom stereocenters. The molecule has 5 nitrogen and oxygen atoms in total. The predicted octanol–water partition coefficient (Wildman–Crippen LogP) is 1.21.